The summed E-state index contributed by atoms with van der Waals surface area (Å²) in [5.74, 6) is 0.883. The topological polar surface area (TPSA) is 37.8 Å². The van der Waals surface area contributed by atoms with Gasteiger partial charge in [-0.2, -0.15) is 0 Å². The molecule has 3 heterocycles. The largest absolute Gasteiger partial charge is 0.288 e. The van der Waals surface area contributed by atoms with E-state index in [1.54, 1.807) is 27.8 Å². The van der Waals surface area contributed by atoms with Gasteiger partial charge in [0.2, 0.25) is 0 Å². The van der Waals surface area contributed by atoms with E-state index in [0.29, 0.717) is 0 Å². The van der Waals surface area contributed by atoms with E-state index in [4.69, 9.17) is 0 Å². The van der Waals surface area contributed by atoms with Crippen LogP contribution < -0.4 is 5.56 Å². The van der Waals surface area contributed by atoms with Gasteiger partial charge < -0.3 is 0 Å². The standard InChI is InChI=1S/C14H10N2OS2/c17-14-13-11(12-9(8-19-13)6-7-18-12)15-16(14)10-4-2-1-3-5-10/h1-7,15H,8H2. The van der Waals surface area contributed by atoms with Crippen LogP contribution >= 0.6 is 23.1 Å². The average molecular weight is 286 g/mol. The van der Waals surface area contributed by atoms with Gasteiger partial charge in [-0.25, -0.2) is 4.68 Å². The minimum atomic E-state index is 0.0465. The van der Waals surface area contributed by atoms with Gasteiger partial charge in [-0.3, -0.25) is 9.89 Å². The molecule has 1 aliphatic rings. The molecule has 5 heteroatoms. The van der Waals surface area contributed by atoms with E-state index < -0.39 is 0 Å². The van der Waals surface area contributed by atoms with Gasteiger partial charge >= 0.3 is 0 Å². The highest BCUT2D eigenvalue weighted by Gasteiger charge is 2.24. The average Bonchev–Trinajstić information content (AvgIpc) is 3.04. The maximum atomic E-state index is 12.5. The molecule has 0 aliphatic carbocycles. The highest BCUT2D eigenvalue weighted by Crippen LogP contribution is 2.41. The Morgan fingerprint density at radius 1 is 1.16 bits per heavy atom. The smallest absolute Gasteiger partial charge is 0.285 e. The molecule has 3 nitrogen and oxygen atoms in total. The normalized spacial score (nSPS) is 13.1. The number of aromatic amines is 1. The number of nitrogens with one attached hydrogen (secondary N) is 1. The Morgan fingerprint density at radius 3 is 2.84 bits per heavy atom. The first kappa shape index (κ1) is 11.1. The second-order valence-electron chi connectivity index (χ2n) is 4.36. The summed E-state index contributed by atoms with van der Waals surface area (Å²) >= 11 is 3.31. The first-order chi connectivity index (χ1) is 9.34. The highest BCUT2D eigenvalue weighted by atomic mass is 32.2. The Morgan fingerprint density at radius 2 is 2.00 bits per heavy atom. The molecule has 0 unspecified atom stereocenters. The molecular weight excluding hydrogens is 276 g/mol. The van der Waals surface area contributed by atoms with Crippen molar-refractivity contribution in [2.24, 2.45) is 0 Å². The van der Waals surface area contributed by atoms with Crippen LogP contribution in [0.4, 0.5) is 0 Å². The summed E-state index contributed by atoms with van der Waals surface area (Å²) in [6.07, 6.45) is 0. The number of hydrogen-bond donors (Lipinski definition) is 1. The number of nitrogens with zero attached hydrogens (tertiary/aromatic N) is 1. The third-order valence-electron chi connectivity index (χ3n) is 3.21. The van der Waals surface area contributed by atoms with E-state index in [1.165, 1.54) is 10.4 Å². The van der Waals surface area contributed by atoms with Gasteiger partial charge in [-0.15, -0.1) is 23.1 Å². The summed E-state index contributed by atoms with van der Waals surface area (Å²) in [5, 5.41) is 5.34. The number of rotatable bonds is 1. The number of hydrogen-bond acceptors (Lipinski definition) is 3. The number of aromatic nitrogens is 2. The van der Waals surface area contributed by atoms with Crippen molar-refractivity contribution in [1.82, 2.24) is 9.78 Å². The Balaban J connectivity index is 1.97. The lowest BCUT2D eigenvalue weighted by atomic mass is 10.2. The molecular formula is C14H10N2OS2. The number of H-pyrrole nitrogens is 1. The van der Waals surface area contributed by atoms with Crippen molar-refractivity contribution in [3.63, 3.8) is 0 Å². The highest BCUT2D eigenvalue weighted by molar-refractivity contribution is 7.98. The van der Waals surface area contributed by atoms with Gasteiger partial charge in [0, 0.05) is 5.75 Å². The molecule has 0 bridgehead atoms. The van der Waals surface area contributed by atoms with Crippen molar-refractivity contribution < 1.29 is 0 Å². The van der Waals surface area contributed by atoms with Gasteiger partial charge in [0.05, 0.1) is 16.3 Å². The summed E-state index contributed by atoms with van der Waals surface area (Å²) in [6, 6.07) is 11.8. The quantitative estimate of drug-likeness (QED) is 0.743. The second-order valence-corrected chi connectivity index (χ2v) is 6.26. The van der Waals surface area contributed by atoms with Gasteiger partial charge in [0.25, 0.3) is 5.56 Å². The predicted molar refractivity (Wildman–Crippen MR) is 79.3 cm³/mol. The third kappa shape index (κ3) is 1.62. The molecule has 94 valence electrons. The molecule has 0 amide bonds. The summed E-state index contributed by atoms with van der Waals surface area (Å²) in [6.45, 7) is 0. The maximum absolute atomic E-state index is 12.5. The predicted octanol–water partition coefficient (Wildman–Crippen LogP) is 3.50. The Bertz CT molecular complexity index is 798. The first-order valence-electron chi connectivity index (χ1n) is 5.94. The Hall–Kier alpha value is -1.72. The number of fused-ring (bicyclic) bond motifs is 3. The van der Waals surface area contributed by atoms with Crippen LogP contribution in [-0.4, -0.2) is 9.78 Å². The van der Waals surface area contributed by atoms with Gasteiger partial charge in [-0.1, -0.05) is 18.2 Å². The molecule has 1 N–H and O–H groups in total. The van der Waals surface area contributed by atoms with Crippen molar-refractivity contribution in [3.05, 3.63) is 57.7 Å². The molecule has 0 radical (unpaired) electrons. The Kier molecular flexibility index (Phi) is 2.43. The summed E-state index contributed by atoms with van der Waals surface area (Å²) in [7, 11) is 0. The van der Waals surface area contributed by atoms with E-state index in [2.05, 4.69) is 16.5 Å². The zero-order chi connectivity index (χ0) is 12.8. The number of benzene rings is 1. The monoisotopic (exact) mass is 286 g/mol. The van der Waals surface area contributed by atoms with Crippen molar-refractivity contribution in [2.75, 3.05) is 0 Å². The Labute approximate surface area is 117 Å². The number of thiophene rings is 1. The zero-order valence-electron chi connectivity index (χ0n) is 9.92. The van der Waals surface area contributed by atoms with Crippen LogP contribution in [0.3, 0.4) is 0 Å². The lowest BCUT2D eigenvalue weighted by Crippen LogP contribution is -2.15. The fourth-order valence-electron chi connectivity index (χ4n) is 2.29. The summed E-state index contributed by atoms with van der Waals surface area (Å²) in [4.78, 5) is 14.5. The van der Waals surface area contributed by atoms with Crippen LogP contribution in [0.1, 0.15) is 5.56 Å². The van der Waals surface area contributed by atoms with Crippen LogP contribution in [0.2, 0.25) is 0 Å². The number of thioether (sulfide) groups is 1. The maximum Gasteiger partial charge on any atom is 0.285 e. The van der Waals surface area contributed by atoms with E-state index in [-0.39, 0.29) is 5.56 Å². The van der Waals surface area contributed by atoms with Crippen molar-refractivity contribution in [1.29, 1.82) is 0 Å². The fraction of sp³-hybridized carbons (Fsp3) is 0.0714. The minimum absolute atomic E-state index is 0.0465. The second kappa shape index (κ2) is 4.15. The minimum Gasteiger partial charge on any atom is -0.288 e. The van der Waals surface area contributed by atoms with Gasteiger partial charge in [0.1, 0.15) is 4.90 Å². The molecule has 1 aromatic carbocycles. The van der Waals surface area contributed by atoms with Gasteiger partial charge in [0.15, 0.2) is 0 Å². The molecule has 0 saturated carbocycles. The molecule has 2 aromatic heterocycles. The van der Waals surface area contributed by atoms with Crippen molar-refractivity contribution in [3.8, 4) is 16.3 Å². The van der Waals surface area contributed by atoms with Gasteiger partial charge in [-0.05, 0) is 29.1 Å². The molecule has 4 rings (SSSR count). The molecule has 0 spiro atoms. The van der Waals surface area contributed by atoms with Crippen LogP contribution in [-0.2, 0) is 5.75 Å². The van der Waals surface area contributed by atoms with E-state index >= 15 is 0 Å². The first-order valence-corrected chi connectivity index (χ1v) is 7.81. The van der Waals surface area contributed by atoms with Crippen molar-refractivity contribution >= 4 is 23.1 Å². The molecule has 0 atom stereocenters. The number of para-hydroxylation sites is 1. The molecule has 1 aliphatic heterocycles. The van der Waals surface area contributed by atoms with Crippen LogP contribution in [0, 0.1) is 0 Å². The van der Waals surface area contributed by atoms with Crippen LogP contribution in [0.15, 0.2) is 51.5 Å². The fourth-order valence-corrected chi connectivity index (χ4v) is 4.42. The van der Waals surface area contributed by atoms with E-state index in [9.17, 15) is 4.79 Å². The zero-order valence-corrected chi connectivity index (χ0v) is 11.6. The van der Waals surface area contributed by atoms with Crippen LogP contribution in [0.25, 0.3) is 16.3 Å². The molecule has 3 aromatic rings. The summed E-state index contributed by atoms with van der Waals surface area (Å²) < 4.78 is 1.63. The van der Waals surface area contributed by atoms with E-state index in [0.717, 1.165) is 22.0 Å². The lowest BCUT2D eigenvalue weighted by molar-refractivity contribution is 0.849. The molecule has 19 heavy (non-hydrogen) atoms. The SMILES string of the molecule is O=c1c2c([nH]n1-c1ccccc1)-c1sccc1CS2. The van der Waals surface area contributed by atoms with E-state index in [1.807, 2.05) is 30.3 Å². The molecule has 0 saturated heterocycles. The lowest BCUT2D eigenvalue weighted by Gasteiger charge is -2.08. The summed E-state index contributed by atoms with van der Waals surface area (Å²) in [5.41, 5.74) is 3.20. The third-order valence-corrected chi connectivity index (χ3v) is 5.31. The van der Waals surface area contributed by atoms with Crippen LogP contribution in [0.5, 0.6) is 0 Å². The van der Waals surface area contributed by atoms with Crippen molar-refractivity contribution in [2.45, 2.75) is 10.6 Å². The molecule has 0 fully saturated rings.